The SMILES string of the molecule is Cc1ccc2cccc(OC(=O)c3cc(F)c(F)cc3F)c2n1. The predicted molar refractivity (Wildman–Crippen MR) is 77.8 cm³/mol. The van der Waals surface area contributed by atoms with Crippen LogP contribution in [0.25, 0.3) is 10.9 Å². The van der Waals surface area contributed by atoms with Gasteiger partial charge in [0.1, 0.15) is 11.3 Å². The largest absolute Gasteiger partial charge is 0.421 e. The van der Waals surface area contributed by atoms with Gasteiger partial charge in [0.15, 0.2) is 17.4 Å². The number of ether oxygens (including phenoxy) is 1. The van der Waals surface area contributed by atoms with Gasteiger partial charge in [-0.1, -0.05) is 18.2 Å². The minimum atomic E-state index is -1.37. The summed E-state index contributed by atoms with van der Waals surface area (Å²) in [5, 5.41) is 0.728. The highest BCUT2D eigenvalue weighted by atomic mass is 19.2. The van der Waals surface area contributed by atoms with Gasteiger partial charge in [0.25, 0.3) is 0 Å². The van der Waals surface area contributed by atoms with Crippen molar-refractivity contribution < 1.29 is 22.7 Å². The summed E-state index contributed by atoms with van der Waals surface area (Å²) < 4.78 is 44.9. The highest BCUT2D eigenvalue weighted by Crippen LogP contribution is 2.25. The lowest BCUT2D eigenvalue weighted by Crippen LogP contribution is -2.12. The molecule has 0 fully saturated rings. The molecule has 0 spiro atoms. The normalized spacial score (nSPS) is 10.8. The van der Waals surface area contributed by atoms with E-state index in [2.05, 4.69) is 4.98 Å². The molecule has 0 aliphatic rings. The topological polar surface area (TPSA) is 39.2 Å². The van der Waals surface area contributed by atoms with E-state index in [-0.39, 0.29) is 5.75 Å². The third-order valence-electron chi connectivity index (χ3n) is 3.25. The minimum absolute atomic E-state index is 0.111. The van der Waals surface area contributed by atoms with Gasteiger partial charge in [0, 0.05) is 17.1 Å². The molecule has 2 aromatic carbocycles. The van der Waals surface area contributed by atoms with Gasteiger partial charge in [0.2, 0.25) is 0 Å². The fraction of sp³-hybridized carbons (Fsp3) is 0.0588. The van der Waals surface area contributed by atoms with Crippen LogP contribution in [0.4, 0.5) is 13.2 Å². The molecule has 1 heterocycles. The fourth-order valence-electron chi connectivity index (χ4n) is 2.13. The summed E-state index contributed by atoms with van der Waals surface area (Å²) in [5.74, 6) is -4.91. The number of carbonyl (C=O) groups is 1. The number of halogens is 3. The van der Waals surface area contributed by atoms with Crippen LogP contribution in [0.1, 0.15) is 16.1 Å². The zero-order valence-electron chi connectivity index (χ0n) is 11.9. The van der Waals surface area contributed by atoms with Crippen LogP contribution < -0.4 is 4.74 Å². The number of aromatic nitrogens is 1. The molecular weight excluding hydrogens is 307 g/mol. The fourth-order valence-corrected chi connectivity index (χ4v) is 2.13. The second-order valence-electron chi connectivity index (χ2n) is 4.92. The Balaban J connectivity index is 2.01. The van der Waals surface area contributed by atoms with Crippen LogP contribution in [0.2, 0.25) is 0 Å². The summed E-state index contributed by atoms with van der Waals surface area (Å²) in [6, 6.07) is 9.27. The van der Waals surface area contributed by atoms with E-state index in [4.69, 9.17) is 4.74 Å². The lowest BCUT2D eigenvalue weighted by atomic mass is 10.2. The first-order chi connectivity index (χ1) is 11.0. The van der Waals surface area contributed by atoms with Crippen LogP contribution >= 0.6 is 0 Å². The predicted octanol–water partition coefficient (Wildman–Crippen LogP) is 4.18. The Morgan fingerprint density at radius 2 is 1.74 bits per heavy atom. The van der Waals surface area contributed by atoms with Crippen molar-refractivity contribution in [2.75, 3.05) is 0 Å². The highest BCUT2D eigenvalue weighted by molar-refractivity contribution is 5.94. The van der Waals surface area contributed by atoms with E-state index in [1.807, 2.05) is 0 Å². The van der Waals surface area contributed by atoms with E-state index in [0.29, 0.717) is 23.3 Å². The second-order valence-corrected chi connectivity index (χ2v) is 4.92. The quantitative estimate of drug-likeness (QED) is 0.404. The van der Waals surface area contributed by atoms with Gasteiger partial charge in [-0.05, 0) is 25.1 Å². The van der Waals surface area contributed by atoms with E-state index < -0.39 is 29.0 Å². The summed E-state index contributed by atoms with van der Waals surface area (Å²) in [5.41, 5.74) is 0.442. The van der Waals surface area contributed by atoms with Crippen LogP contribution in [0.5, 0.6) is 5.75 Å². The standard InChI is InChI=1S/C17H10F3NO2/c1-9-5-6-10-3-2-4-15(16(10)21-9)23-17(22)11-7-13(19)14(20)8-12(11)18/h2-8H,1H3. The van der Waals surface area contributed by atoms with Gasteiger partial charge in [0.05, 0.1) is 5.56 Å². The molecule has 0 atom stereocenters. The van der Waals surface area contributed by atoms with Gasteiger partial charge < -0.3 is 4.74 Å². The number of hydrogen-bond acceptors (Lipinski definition) is 3. The molecule has 0 unspecified atom stereocenters. The third kappa shape index (κ3) is 2.88. The van der Waals surface area contributed by atoms with E-state index in [1.165, 1.54) is 6.07 Å². The zero-order chi connectivity index (χ0) is 16.6. The smallest absolute Gasteiger partial charge is 0.346 e. The van der Waals surface area contributed by atoms with Crippen LogP contribution in [0, 0.1) is 24.4 Å². The molecule has 23 heavy (non-hydrogen) atoms. The lowest BCUT2D eigenvalue weighted by Gasteiger charge is -2.08. The first-order valence-electron chi connectivity index (χ1n) is 6.69. The molecule has 6 heteroatoms. The van der Waals surface area contributed by atoms with Crippen molar-refractivity contribution >= 4 is 16.9 Å². The molecule has 3 nitrogen and oxygen atoms in total. The Morgan fingerprint density at radius 3 is 2.52 bits per heavy atom. The minimum Gasteiger partial charge on any atom is -0.421 e. The maximum atomic E-state index is 13.6. The van der Waals surface area contributed by atoms with E-state index in [9.17, 15) is 18.0 Å². The molecule has 116 valence electrons. The molecule has 0 saturated carbocycles. The van der Waals surface area contributed by atoms with Crippen molar-refractivity contribution in [1.29, 1.82) is 0 Å². The Hall–Kier alpha value is -2.89. The van der Waals surface area contributed by atoms with Crippen molar-refractivity contribution in [3.05, 3.63) is 71.2 Å². The Morgan fingerprint density at radius 1 is 1.00 bits per heavy atom. The summed E-state index contributed by atoms with van der Waals surface area (Å²) in [6.07, 6.45) is 0. The molecule has 0 amide bonds. The second kappa shape index (κ2) is 5.72. The monoisotopic (exact) mass is 317 g/mol. The Labute approximate surface area is 129 Å². The van der Waals surface area contributed by atoms with E-state index in [1.54, 1.807) is 31.2 Å². The average molecular weight is 317 g/mol. The van der Waals surface area contributed by atoms with Crippen LogP contribution in [-0.2, 0) is 0 Å². The first-order valence-corrected chi connectivity index (χ1v) is 6.69. The summed E-state index contributed by atoms with van der Waals surface area (Å²) in [7, 11) is 0. The molecule has 0 bridgehead atoms. The van der Waals surface area contributed by atoms with Gasteiger partial charge in [-0.25, -0.2) is 22.9 Å². The van der Waals surface area contributed by atoms with Crippen molar-refractivity contribution in [3.63, 3.8) is 0 Å². The maximum absolute atomic E-state index is 13.6. The van der Waals surface area contributed by atoms with E-state index in [0.717, 1.165) is 5.39 Å². The Bertz CT molecular complexity index is 925. The molecule has 0 aliphatic heterocycles. The number of esters is 1. The number of hydrogen-bond donors (Lipinski definition) is 0. The molecule has 1 aromatic heterocycles. The molecular formula is C17H10F3NO2. The average Bonchev–Trinajstić information content (AvgIpc) is 2.51. The summed E-state index contributed by atoms with van der Waals surface area (Å²) >= 11 is 0. The van der Waals surface area contributed by atoms with Crippen molar-refractivity contribution in [1.82, 2.24) is 4.98 Å². The first kappa shape index (κ1) is 15.0. The van der Waals surface area contributed by atoms with Crippen LogP contribution in [0.15, 0.2) is 42.5 Å². The van der Waals surface area contributed by atoms with Crippen LogP contribution in [0.3, 0.4) is 0 Å². The maximum Gasteiger partial charge on any atom is 0.346 e. The number of fused-ring (bicyclic) bond motifs is 1. The van der Waals surface area contributed by atoms with Crippen molar-refractivity contribution in [3.8, 4) is 5.75 Å². The number of aryl methyl sites for hydroxylation is 1. The number of benzene rings is 2. The van der Waals surface area contributed by atoms with Gasteiger partial charge in [-0.15, -0.1) is 0 Å². The Kier molecular flexibility index (Phi) is 3.73. The summed E-state index contributed by atoms with van der Waals surface area (Å²) in [6.45, 7) is 1.77. The number of rotatable bonds is 2. The molecule has 0 aliphatic carbocycles. The lowest BCUT2D eigenvalue weighted by molar-refractivity contribution is 0.0731. The van der Waals surface area contributed by atoms with Gasteiger partial charge in [-0.3, -0.25) is 0 Å². The molecule has 3 aromatic rings. The molecule has 3 rings (SSSR count). The molecule has 0 radical (unpaired) electrons. The molecule has 0 N–H and O–H groups in total. The van der Waals surface area contributed by atoms with Crippen LogP contribution in [-0.4, -0.2) is 11.0 Å². The van der Waals surface area contributed by atoms with Gasteiger partial charge >= 0.3 is 5.97 Å². The number of para-hydroxylation sites is 1. The van der Waals surface area contributed by atoms with Gasteiger partial charge in [-0.2, -0.15) is 0 Å². The highest BCUT2D eigenvalue weighted by Gasteiger charge is 2.19. The number of nitrogens with zero attached hydrogens (tertiary/aromatic N) is 1. The van der Waals surface area contributed by atoms with Crippen molar-refractivity contribution in [2.45, 2.75) is 6.92 Å². The third-order valence-corrected chi connectivity index (χ3v) is 3.25. The number of pyridine rings is 1. The van der Waals surface area contributed by atoms with E-state index >= 15 is 0 Å². The number of carbonyl (C=O) groups excluding carboxylic acids is 1. The van der Waals surface area contributed by atoms with Crippen molar-refractivity contribution in [2.24, 2.45) is 0 Å². The molecule has 0 saturated heterocycles. The zero-order valence-corrected chi connectivity index (χ0v) is 11.9. The summed E-state index contributed by atoms with van der Waals surface area (Å²) in [4.78, 5) is 16.3.